The number of anilines is 1. The Kier molecular flexibility index (Phi) is 7.04. The Morgan fingerprint density at radius 3 is 2.69 bits per heavy atom. The van der Waals surface area contributed by atoms with E-state index < -0.39 is 30.0 Å². The second-order valence-electron chi connectivity index (χ2n) is 9.90. The van der Waals surface area contributed by atoms with E-state index >= 15 is 4.39 Å². The number of fused-ring (bicyclic) bond motifs is 1. The number of nitrogens with one attached hydrogen (secondary N) is 2. The van der Waals surface area contributed by atoms with Crippen LogP contribution in [0, 0.1) is 5.82 Å². The molecule has 13 heteroatoms. The lowest BCUT2D eigenvalue weighted by Gasteiger charge is -2.46. The van der Waals surface area contributed by atoms with Crippen LogP contribution in [0.2, 0.25) is 0 Å². The molecule has 5 rings (SSSR count). The maximum Gasteiger partial charge on any atom is 0.259 e. The number of hydrogen-bond acceptors (Lipinski definition) is 8. The van der Waals surface area contributed by atoms with Crippen LogP contribution in [-0.4, -0.2) is 118 Å². The summed E-state index contributed by atoms with van der Waals surface area (Å²) in [4.78, 5) is 36.2. The molecule has 3 fully saturated rings. The van der Waals surface area contributed by atoms with E-state index in [0.29, 0.717) is 32.7 Å². The van der Waals surface area contributed by atoms with Crippen molar-refractivity contribution in [3.05, 3.63) is 23.8 Å². The number of nitrogens with zero attached hydrogens (tertiary/aromatic N) is 6. The molecule has 2 amide bonds. The van der Waals surface area contributed by atoms with E-state index in [2.05, 4.69) is 25.6 Å². The Morgan fingerprint density at radius 2 is 1.94 bits per heavy atom. The summed E-state index contributed by atoms with van der Waals surface area (Å²) in [5, 5.41) is 9.91. The SMILES string of the molecule is CN1CCCCC1C(=O)N1CCN(C2C(F)CNCC2NC(=O)c2c(N)nn3cc(F)cnc23)CC1. The summed E-state index contributed by atoms with van der Waals surface area (Å²) < 4.78 is 29.8. The lowest BCUT2D eigenvalue weighted by atomic mass is 9.95. The van der Waals surface area contributed by atoms with Gasteiger partial charge in [-0.15, -0.1) is 5.10 Å². The molecule has 4 atom stereocenters. The van der Waals surface area contributed by atoms with Gasteiger partial charge in [-0.25, -0.2) is 18.3 Å². The largest absolute Gasteiger partial charge is 0.381 e. The minimum absolute atomic E-state index is 0.0294. The van der Waals surface area contributed by atoms with E-state index in [1.54, 1.807) is 0 Å². The van der Waals surface area contributed by atoms with Crippen LogP contribution >= 0.6 is 0 Å². The normalized spacial score (nSPS) is 28.4. The van der Waals surface area contributed by atoms with E-state index in [0.717, 1.165) is 42.7 Å². The van der Waals surface area contributed by atoms with Crippen molar-refractivity contribution in [1.82, 2.24) is 39.9 Å². The molecule has 2 aromatic rings. The van der Waals surface area contributed by atoms with Crippen molar-refractivity contribution in [3.63, 3.8) is 0 Å². The molecule has 0 aromatic carbocycles. The molecule has 5 heterocycles. The van der Waals surface area contributed by atoms with Gasteiger partial charge < -0.3 is 21.3 Å². The van der Waals surface area contributed by atoms with Crippen molar-refractivity contribution in [2.24, 2.45) is 0 Å². The van der Waals surface area contributed by atoms with Crippen molar-refractivity contribution in [2.45, 2.75) is 43.6 Å². The fourth-order valence-corrected chi connectivity index (χ4v) is 5.72. The number of carbonyl (C=O) groups is 2. The number of halogens is 2. The molecule has 0 saturated carbocycles. The molecule has 4 unspecified atom stereocenters. The van der Waals surface area contributed by atoms with Gasteiger partial charge in [0.25, 0.3) is 5.91 Å². The number of likely N-dealkylation sites (tertiary alicyclic amines) is 1. The van der Waals surface area contributed by atoms with E-state index in [9.17, 15) is 14.0 Å². The number of likely N-dealkylation sites (N-methyl/N-ethyl adjacent to an activating group) is 1. The predicted molar refractivity (Wildman–Crippen MR) is 129 cm³/mol. The molecule has 0 radical (unpaired) electrons. The average Bonchev–Trinajstić information content (AvgIpc) is 3.19. The minimum atomic E-state index is -1.20. The van der Waals surface area contributed by atoms with E-state index in [4.69, 9.17) is 5.73 Å². The Bertz CT molecular complexity index is 1120. The van der Waals surface area contributed by atoms with Gasteiger partial charge in [0.15, 0.2) is 17.3 Å². The zero-order valence-corrected chi connectivity index (χ0v) is 20.4. The molecule has 3 aliphatic rings. The molecule has 0 bridgehead atoms. The maximum absolute atomic E-state index is 15.2. The molecule has 0 spiro atoms. The first kappa shape index (κ1) is 24.8. The topological polar surface area (TPSA) is 124 Å². The van der Waals surface area contributed by atoms with Crippen molar-refractivity contribution in [2.75, 3.05) is 58.6 Å². The second kappa shape index (κ2) is 10.2. The highest BCUT2D eigenvalue weighted by molar-refractivity contribution is 6.04. The molecular weight excluding hydrogens is 472 g/mol. The molecule has 2 aromatic heterocycles. The fraction of sp³-hybridized carbons (Fsp3) is 0.652. The van der Waals surface area contributed by atoms with Crippen LogP contribution in [-0.2, 0) is 4.79 Å². The van der Waals surface area contributed by atoms with Gasteiger partial charge in [0.05, 0.1) is 30.5 Å². The number of aromatic nitrogens is 3. The lowest BCUT2D eigenvalue weighted by Crippen LogP contribution is -2.67. The average molecular weight is 506 g/mol. The standard InChI is InChI=1S/C23H33F2N9O2/c1-31-5-3-2-4-17(31)23(36)33-8-6-32(7-9-33)19-15(25)11-27-12-16(19)29-22(35)18-20(26)30-34-13-14(24)10-28-21(18)34/h10,13,15-17,19,27H,2-9,11-12H2,1H3,(H2,26,30)(H,29,35). The van der Waals surface area contributed by atoms with Gasteiger partial charge in [0, 0.05) is 39.3 Å². The Morgan fingerprint density at radius 1 is 1.17 bits per heavy atom. The quantitative estimate of drug-likeness (QED) is 0.508. The van der Waals surface area contributed by atoms with Crippen molar-refractivity contribution in [1.29, 1.82) is 0 Å². The first-order chi connectivity index (χ1) is 17.3. The predicted octanol–water partition coefficient (Wildman–Crippen LogP) is -0.513. The highest BCUT2D eigenvalue weighted by Gasteiger charge is 2.41. The first-order valence-corrected chi connectivity index (χ1v) is 12.5. The van der Waals surface area contributed by atoms with Gasteiger partial charge in [0.2, 0.25) is 5.91 Å². The van der Waals surface area contributed by atoms with Crippen molar-refractivity contribution < 1.29 is 18.4 Å². The van der Waals surface area contributed by atoms with E-state index in [-0.39, 0.29) is 35.5 Å². The van der Waals surface area contributed by atoms with Crippen molar-refractivity contribution in [3.8, 4) is 0 Å². The third kappa shape index (κ3) is 4.74. The highest BCUT2D eigenvalue weighted by atomic mass is 19.1. The van der Waals surface area contributed by atoms with Gasteiger partial charge in [-0.2, -0.15) is 0 Å². The third-order valence-electron chi connectivity index (χ3n) is 7.60. The number of alkyl halides is 1. The Hall–Kier alpha value is -2.90. The number of rotatable bonds is 4. The fourth-order valence-electron chi connectivity index (χ4n) is 5.72. The van der Waals surface area contributed by atoms with Crippen LogP contribution < -0.4 is 16.4 Å². The molecule has 196 valence electrons. The van der Waals surface area contributed by atoms with Crippen LogP contribution in [0.1, 0.15) is 29.6 Å². The number of hydrogen-bond donors (Lipinski definition) is 3. The van der Waals surface area contributed by atoms with Crippen molar-refractivity contribution >= 4 is 23.3 Å². The summed E-state index contributed by atoms with van der Waals surface area (Å²) in [6.07, 6.45) is 3.92. The number of amides is 2. The highest BCUT2D eigenvalue weighted by Crippen LogP contribution is 2.23. The molecule has 11 nitrogen and oxygen atoms in total. The van der Waals surface area contributed by atoms with Gasteiger partial charge in [-0.3, -0.25) is 19.4 Å². The van der Waals surface area contributed by atoms with Gasteiger partial charge in [-0.1, -0.05) is 6.42 Å². The van der Waals surface area contributed by atoms with E-state index in [1.165, 1.54) is 0 Å². The number of piperidine rings is 2. The second-order valence-corrected chi connectivity index (χ2v) is 9.90. The minimum Gasteiger partial charge on any atom is -0.381 e. The molecule has 36 heavy (non-hydrogen) atoms. The van der Waals surface area contributed by atoms with Gasteiger partial charge >= 0.3 is 0 Å². The summed E-state index contributed by atoms with van der Waals surface area (Å²) in [7, 11) is 2.00. The Balaban J connectivity index is 1.26. The number of nitrogen functional groups attached to an aromatic ring is 1. The molecule has 3 aliphatic heterocycles. The van der Waals surface area contributed by atoms with Crippen LogP contribution in [0.15, 0.2) is 12.4 Å². The van der Waals surface area contributed by atoms with Crippen LogP contribution in [0.3, 0.4) is 0 Å². The number of piperazine rings is 1. The summed E-state index contributed by atoms with van der Waals surface area (Å²) in [5.41, 5.74) is 6.09. The van der Waals surface area contributed by atoms with Crippen LogP contribution in [0.5, 0.6) is 0 Å². The smallest absolute Gasteiger partial charge is 0.259 e. The molecule has 4 N–H and O–H groups in total. The van der Waals surface area contributed by atoms with Crippen LogP contribution in [0.4, 0.5) is 14.6 Å². The van der Waals surface area contributed by atoms with E-state index in [1.807, 2.05) is 16.8 Å². The monoisotopic (exact) mass is 505 g/mol. The third-order valence-corrected chi connectivity index (χ3v) is 7.60. The number of nitrogens with two attached hydrogens (primary N) is 1. The Labute approximate surface area is 208 Å². The molecule has 0 aliphatic carbocycles. The summed E-state index contributed by atoms with van der Waals surface area (Å²) in [6.45, 7) is 3.59. The zero-order valence-electron chi connectivity index (χ0n) is 20.4. The first-order valence-electron chi connectivity index (χ1n) is 12.5. The summed E-state index contributed by atoms with van der Waals surface area (Å²) in [5.74, 6) is -1.08. The van der Waals surface area contributed by atoms with Crippen LogP contribution in [0.25, 0.3) is 5.65 Å². The number of carbonyl (C=O) groups excluding carboxylic acids is 2. The summed E-state index contributed by atoms with van der Waals surface area (Å²) in [6, 6.07) is -1.18. The molecule has 3 saturated heterocycles. The zero-order chi connectivity index (χ0) is 25.4. The lowest BCUT2D eigenvalue weighted by molar-refractivity contribution is -0.140. The maximum atomic E-state index is 15.2. The van der Waals surface area contributed by atoms with Gasteiger partial charge in [-0.05, 0) is 26.4 Å². The molecular formula is C23H33F2N9O2. The summed E-state index contributed by atoms with van der Waals surface area (Å²) >= 11 is 0. The van der Waals surface area contributed by atoms with Gasteiger partial charge in [0.1, 0.15) is 11.7 Å².